The van der Waals surface area contributed by atoms with Crippen LogP contribution in [0.2, 0.25) is 0 Å². The molecule has 2 heterocycles. The van der Waals surface area contributed by atoms with E-state index in [9.17, 15) is 14.3 Å². The Kier molecular flexibility index (Phi) is 3.61. The van der Waals surface area contributed by atoms with Crippen molar-refractivity contribution in [2.24, 2.45) is 0 Å². The molecule has 2 aromatic carbocycles. The Morgan fingerprint density at radius 2 is 1.88 bits per heavy atom. The van der Waals surface area contributed by atoms with Gasteiger partial charge in [0.15, 0.2) is 11.6 Å². The van der Waals surface area contributed by atoms with Crippen LogP contribution in [0.1, 0.15) is 12.8 Å². The van der Waals surface area contributed by atoms with Gasteiger partial charge in [-0.2, -0.15) is 0 Å². The third kappa shape index (κ3) is 2.59. The van der Waals surface area contributed by atoms with Crippen molar-refractivity contribution in [3.8, 4) is 11.5 Å². The predicted molar refractivity (Wildman–Crippen MR) is 86.1 cm³/mol. The van der Waals surface area contributed by atoms with E-state index >= 15 is 0 Å². The van der Waals surface area contributed by atoms with Crippen molar-refractivity contribution in [3.05, 3.63) is 46.6 Å². The monoisotopic (exact) mass is 330 g/mol. The molecule has 3 aromatic rings. The SMILES string of the molecule is O=c1oc2cc(O)c(F)cc2c2ccc(OC3CCOCC3)cc12. The van der Waals surface area contributed by atoms with Gasteiger partial charge in [0.25, 0.3) is 0 Å². The fraction of sp³-hybridized carbons (Fsp3) is 0.278. The van der Waals surface area contributed by atoms with E-state index in [1.54, 1.807) is 18.2 Å². The average Bonchev–Trinajstić information content (AvgIpc) is 2.58. The van der Waals surface area contributed by atoms with Gasteiger partial charge in [-0.15, -0.1) is 0 Å². The second-order valence-corrected chi connectivity index (χ2v) is 5.83. The maximum absolute atomic E-state index is 13.7. The van der Waals surface area contributed by atoms with E-state index < -0.39 is 17.2 Å². The molecule has 1 aromatic heterocycles. The van der Waals surface area contributed by atoms with Gasteiger partial charge in [-0.25, -0.2) is 9.18 Å². The van der Waals surface area contributed by atoms with Crippen LogP contribution in [0.4, 0.5) is 4.39 Å². The quantitative estimate of drug-likeness (QED) is 0.576. The molecule has 124 valence electrons. The first-order valence-electron chi connectivity index (χ1n) is 7.75. The van der Waals surface area contributed by atoms with Crippen LogP contribution in [0.15, 0.2) is 39.5 Å². The second kappa shape index (κ2) is 5.79. The Balaban J connectivity index is 1.81. The van der Waals surface area contributed by atoms with Crippen LogP contribution in [0.25, 0.3) is 21.7 Å². The minimum Gasteiger partial charge on any atom is -0.505 e. The summed E-state index contributed by atoms with van der Waals surface area (Å²) in [4.78, 5) is 12.2. The summed E-state index contributed by atoms with van der Waals surface area (Å²) in [6, 6.07) is 7.34. The van der Waals surface area contributed by atoms with Gasteiger partial charge in [-0.3, -0.25) is 0 Å². The number of hydrogen-bond donors (Lipinski definition) is 1. The molecule has 0 atom stereocenters. The molecule has 6 heteroatoms. The van der Waals surface area contributed by atoms with Gasteiger partial charge in [0, 0.05) is 29.7 Å². The van der Waals surface area contributed by atoms with Crippen LogP contribution in [0.5, 0.6) is 11.5 Å². The van der Waals surface area contributed by atoms with Crippen molar-refractivity contribution in [1.82, 2.24) is 0 Å². The molecule has 1 aliphatic rings. The van der Waals surface area contributed by atoms with E-state index in [1.807, 2.05) is 0 Å². The predicted octanol–water partition coefficient (Wildman–Crippen LogP) is 3.35. The summed E-state index contributed by atoms with van der Waals surface area (Å²) < 4.78 is 30.1. The lowest BCUT2D eigenvalue weighted by atomic mass is 10.1. The first-order chi connectivity index (χ1) is 11.6. The molecule has 0 spiro atoms. The largest absolute Gasteiger partial charge is 0.505 e. The Morgan fingerprint density at radius 3 is 2.67 bits per heavy atom. The lowest BCUT2D eigenvalue weighted by molar-refractivity contribution is 0.0256. The summed E-state index contributed by atoms with van der Waals surface area (Å²) in [6.45, 7) is 1.32. The lowest BCUT2D eigenvalue weighted by Gasteiger charge is -2.23. The lowest BCUT2D eigenvalue weighted by Crippen LogP contribution is -2.25. The van der Waals surface area contributed by atoms with Gasteiger partial charge in [-0.05, 0) is 24.3 Å². The van der Waals surface area contributed by atoms with Crippen LogP contribution in [0, 0.1) is 5.82 Å². The van der Waals surface area contributed by atoms with E-state index in [0.29, 0.717) is 35.1 Å². The zero-order chi connectivity index (χ0) is 16.7. The van der Waals surface area contributed by atoms with E-state index in [4.69, 9.17) is 13.9 Å². The van der Waals surface area contributed by atoms with E-state index in [1.165, 1.54) is 0 Å². The fourth-order valence-corrected chi connectivity index (χ4v) is 2.98. The minimum atomic E-state index is -0.764. The highest BCUT2D eigenvalue weighted by atomic mass is 19.1. The van der Waals surface area contributed by atoms with Crippen molar-refractivity contribution in [3.63, 3.8) is 0 Å². The number of rotatable bonds is 2. The van der Waals surface area contributed by atoms with Crippen molar-refractivity contribution >= 4 is 21.7 Å². The molecule has 0 radical (unpaired) electrons. The maximum atomic E-state index is 13.7. The molecule has 0 unspecified atom stereocenters. The molecule has 5 nitrogen and oxygen atoms in total. The van der Waals surface area contributed by atoms with E-state index in [-0.39, 0.29) is 11.7 Å². The molecule has 0 aliphatic carbocycles. The molecular formula is C18H15FO5. The van der Waals surface area contributed by atoms with Crippen molar-refractivity contribution < 1.29 is 23.4 Å². The molecule has 0 saturated carbocycles. The highest BCUT2D eigenvalue weighted by molar-refractivity contribution is 6.04. The van der Waals surface area contributed by atoms with Crippen LogP contribution < -0.4 is 10.4 Å². The number of hydrogen-bond acceptors (Lipinski definition) is 5. The van der Waals surface area contributed by atoms with Crippen molar-refractivity contribution in [2.45, 2.75) is 18.9 Å². The van der Waals surface area contributed by atoms with Crippen LogP contribution >= 0.6 is 0 Å². The highest BCUT2D eigenvalue weighted by Crippen LogP contribution is 2.30. The Bertz CT molecular complexity index is 972. The molecule has 1 aliphatic heterocycles. The third-order valence-electron chi connectivity index (χ3n) is 4.22. The smallest absolute Gasteiger partial charge is 0.344 e. The summed E-state index contributed by atoms with van der Waals surface area (Å²) in [6.07, 6.45) is 1.65. The van der Waals surface area contributed by atoms with Gasteiger partial charge in [0.05, 0.1) is 18.6 Å². The normalized spacial score (nSPS) is 15.9. The second-order valence-electron chi connectivity index (χ2n) is 5.83. The Labute approximate surface area is 136 Å². The Hall–Kier alpha value is -2.60. The standard InChI is InChI=1S/C18H15FO5/c19-15-8-13-12-2-1-11(23-10-3-5-22-6-4-10)7-14(12)18(21)24-17(13)9-16(15)20/h1-2,7-10,20H,3-6H2. The van der Waals surface area contributed by atoms with Gasteiger partial charge in [0.1, 0.15) is 17.4 Å². The molecule has 24 heavy (non-hydrogen) atoms. The molecule has 4 rings (SSSR count). The number of fused-ring (bicyclic) bond motifs is 3. The summed E-state index contributed by atoms with van der Waals surface area (Å²) in [7, 11) is 0. The molecule has 1 N–H and O–H groups in total. The molecule has 1 fully saturated rings. The number of benzene rings is 2. The van der Waals surface area contributed by atoms with Gasteiger partial charge >= 0.3 is 5.63 Å². The van der Waals surface area contributed by atoms with E-state index in [0.717, 1.165) is 25.0 Å². The van der Waals surface area contributed by atoms with E-state index in [2.05, 4.69) is 0 Å². The summed E-state index contributed by atoms with van der Waals surface area (Å²) >= 11 is 0. The topological polar surface area (TPSA) is 68.9 Å². The van der Waals surface area contributed by atoms with Crippen LogP contribution in [-0.4, -0.2) is 24.4 Å². The van der Waals surface area contributed by atoms with Crippen molar-refractivity contribution in [1.29, 1.82) is 0 Å². The third-order valence-corrected chi connectivity index (χ3v) is 4.22. The van der Waals surface area contributed by atoms with Gasteiger partial charge in [-0.1, -0.05) is 0 Å². The number of phenols is 1. The Morgan fingerprint density at radius 1 is 1.08 bits per heavy atom. The van der Waals surface area contributed by atoms with Crippen molar-refractivity contribution in [2.75, 3.05) is 13.2 Å². The van der Waals surface area contributed by atoms with Crippen LogP contribution in [0.3, 0.4) is 0 Å². The zero-order valence-electron chi connectivity index (χ0n) is 12.8. The zero-order valence-corrected chi connectivity index (χ0v) is 12.8. The highest BCUT2D eigenvalue weighted by Gasteiger charge is 2.17. The fourth-order valence-electron chi connectivity index (χ4n) is 2.98. The molecule has 0 amide bonds. The first-order valence-corrected chi connectivity index (χ1v) is 7.75. The molecule has 0 bridgehead atoms. The molecular weight excluding hydrogens is 315 g/mol. The molecule has 1 saturated heterocycles. The van der Waals surface area contributed by atoms with Gasteiger partial charge < -0.3 is 19.0 Å². The number of phenolic OH excluding ortho intramolecular Hbond substituents is 1. The number of aromatic hydroxyl groups is 1. The number of halogens is 1. The van der Waals surface area contributed by atoms with Crippen LogP contribution in [-0.2, 0) is 4.74 Å². The maximum Gasteiger partial charge on any atom is 0.344 e. The average molecular weight is 330 g/mol. The summed E-state index contributed by atoms with van der Waals surface area (Å²) in [5, 5.41) is 10.7. The first kappa shape index (κ1) is 15.0. The number of ether oxygens (including phenoxy) is 2. The van der Waals surface area contributed by atoms with Gasteiger partial charge in [0.2, 0.25) is 0 Å². The summed E-state index contributed by atoms with van der Waals surface area (Å²) in [5.74, 6) is -0.745. The summed E-state index contributed by atoms with van der Waals surface area (Å²) in [5.41, 5.74) is -0.412. The minimum absolute atomic E-state index is 0.0538.